The van der Waals surface area contributed by atoms with Gasteiger partial charge >= 0.3 is 41.5 Å². The van der Waals surface area contributed by atoms with E-state index in [9.17, 15) is 22.6 Å². The summed E-state index contributed by atoms with van der Waals surface area (Å²) in [6, 6.07) is 0. The normalized spacial score (nSPS) is 12.3. The molecule has 200 valence electrons. The minimum atomic E-state index is -5.01. The Kier molecular flexibility index (Phi) is 26.5. The summed E-state index contributed by atoms with van der Waals surface area (Å²) in [4.78, 5) is 23.6. The molecule has 0 rings (SSSR count). The van der Waals surface area contributed by atoms with Gasteiger partial charge in [0.25, 0.3) is 0 Å². The molecule has 0 fully saturated rings. The third kappa shape index (κ3) is 23.7. The Morgan fingerprint density at radius 3 is 1.60 bits per heavy atom. The monoisotopic (exact) mass is 526 g/mol. The van der Waals surface area contributed by atoms with Crippen LogP contribution >= 0.6 is 0 Å². The van der Waals surface area contributed by atoms with Gasteiger partial charge < -0.3 is 14.0 Å². The standard InChI is InChI=1S/C26H48O7S.Na/c1-3-5-7-8-9-10-11-12-13-14-15-16-17-18-19-20-22-32-25(27)23-24(34(29,30)31)26(28)33-21-6-4-2;/h4,6,24H,3,5,7-23H2,1-2H3,(H,29,30,31);/q;+1/p-1/b6-4+;. The number of esters is 2. The largest absolute Gasteiger partial charge is 1.00 e. The average molecular weight is 527 g/mol. The second-order valence-corrected chi connectivity index (χ2v) is 10.5. The van der Waals surface area contributed by atoms with Crippen LogP contribution in [0.3, 0.4) is 0 Å². The van der Waals surface area contributed by atoms with Gasteiger partial charge in [-0.05, 0) is 13.3 Å². The molecule has 7 nitrogen and oxygen atoms in total. The molecule has 0 heterocycles. The van der Waals surface area contributed by atoms with E-state index in [-0.39, 0.29) is 42.8 Å². The summed E-state index contributed by atoms with van der Waals surface area (Å²) < 4.78 is 43.6. The number of allylic oxidation sites excluding steroid dienone is 1. The molecule has 0 aliphatic heterocycles. The molecule has 0 saturated heterocycles. The van der Waals surface area contributed by atoms with Gasteiger partial charge in [0.05, 0.1) is 13.0 Å². The first-order valence-corrected chi connectivity index (χ1v) is 14.7. The molecule has 35 heavy (non-hydrogen) atoms. The zero-order chi connectivity index (χ0) is 25.5. The van der Waals surface area contributed by atoms with Crippen molar-refractivity contribution in [3.05, 3.63) is 12.2 Å². The average Bonchev–Trinajstić information content (AvgIpc) is 2.78. The van der Waals surface area contributed by atoms with Crippen molar-refractivity contribution >= 4 is 22.1 Å². The number of carbonyl (C=O) groups excluding carboxylic acids is 2. The maximum absolute atomic E-state index is 11.8. The Bertz CT molecular complexity index is 650. The van der Waals surface area contributed by atoms with Gasteiger partial charge in [0.15, 0.2) is 5.25 Å². The second-order valence-electron chi connectivity index (χ2n) is 8.91. The molecule has 0 amide bonds. The number of rotatable bonds is 23. The summed E-state index contributed by atoms with van der Waals surface area (Å²) in [5, 5.41) is -2.07. The first-order valence-electron chi connectivity index (χ1n) is 13.2. The van der Waals surface area contributed by atoms with Crippen molar-refractivity contribution in [3.63, 3.8) is 0 Å². The second kappa shape index (κ2) is 25.2. The van der Waals surface area contributed by atoms with E-state index >= 15 is 0 Å². The molecule has 9 heteroatoms. The Labute approximate surface area is 236 Å². The number of unbranched alkanes of at least 4 members (excludes halogenated alkanes) is 15. The van der Waals surface area contributed by atoms with Crippen molar-refractivity contribution in [3.8, 4) is 0 Å². The van der Waals surface area contributed by atoms with Crippen molar-refractivity contribution in [1.29, 1.82) is 0 Å². The van der Waals surface area contributed by atoms with Crippen molar-refractivity contribution in [2.75, 3.05) is 13.2 Å². The molecule has 1 unspecified atom stereocenters. The smallest absolute Gasteiger partial charge is 0.747 e. The number of carbonyl (C=O) groups is 2. The Morgan fingerprint density at radius 2 is 1.20 bits per heavy atom. The van der Waals surface area contributed by atoms with Gasteiger partial charge in [-0.1, -0.05) is 115 Å². The van der Waals surface area contributed by atoms with Crippen LogP contribution in [0.2, 0.25) is 0 Å². The van der Waals surface area contributed by atoms with Crippen LogP contribution in [0.4, 0.5) is 0 Å². The summed E-state index contributed by atoms with van der Waals surface area (Å²) in [6.07, 6.45) is 22.1. The van der Waals surface area contributed by atoms with Crippen molar-refractivity contribution in [2.45, 2.75) is 128 Å². The van der Waals surface area contributed by atoms with Crippen LogP contribution in [0.25, 0.3) is 0 Å². The van der Waals surface area contributed by atoms with Gasteiger partial charge in [-0.3, -0.25) is 9.59 Å². The molecular formula is C26H47NaO7S. The van der Waals surface area contributed by atoms with Crippen LogP contribution in [-0.2, 0) is 29.2 Å². The summed E-state index contributed by atoms with van der Waals surface area (Å²) in [6.45, 7) is 3.94. The summed E-state index contributed by atoms with van der Waals surface area (Å²) in [5.41, 5.74) is 0. The van der Waals surface area contributed by atoms with Gasteiger partial charge in [0.2, 0.25) is 0 Å². The summed E-state index contributed by atoms with van der Waals surface area (Å²) in [5.74, 6) is -2.11. The van der Waals surface area contributed by atoms with E-state index in [1.165, 1.54) is 83.1 Å². The molecule has 0 N–H and O–H groups in total. The van der Waals surface area contributed by atoms with Crippen molar-refractivity contribution in [1.82, 2.24) is 0 Å². The third-order valence-corrected chi connectivity index (χ3v) is 6.84. The summed E-state index contributed by atoms with van der Waals surface area (Å²) >= 11 is 0. The van der Waals surface area contributed by atoms with Crippen LogP contribution < -0.4 is 29.6 Å². The van der Waals surface area contributed by atoms with E-state index in [4.69, 9.17) is 9.47 Å². The molecule has 0 spiro atoms. The number of ether oxygens (including phenoxy) is 2. The molecule has 0 aliphatic carbocycles. The summed E-state index contributed by atoms with van der Waals surface area (Å²) in [7, 11) is -5.01. The molecule has 0 aromatic carbocycles. The molecule has 0 bridgehead atoms. The van der Waals surface area contributed by atoms with Crippen LogP contribution in [0.1, 0.15) is 123 Å². The van der Waals surface area contributed by atoms with E-state index in [1.54, 1.807) is 13.0 Å². The predicted octanol–water partition coefficient (Wildman–Crippen LogP) is 3.22. The van der Waals surface area contributed by atoms with E-state index in [0.29, 0.717) is 6.42 Å². The predicted molar refractivity (Wildman–Crippen MR) is 134 cm³/mol. The number of hydrogen-bond donors (Lipinski definition) is 0. The topological polar surface area (TPSA) is 110 Å². The van der Waals surface area contributed by atoms with Crippen LogP contribution in [0.5, 0.6) is 0 Å². The zero-order valence-corrected chi connectivity index (χ0v) is 25.2. The van der Waals surface area contributed by atoms with E-state index in [1.807, 2.05) is 0 Å². The molecule has 1 atom stereocenters. The molecule has 0 aromatic heterocycles. The minimum Gasteiger partial charge on any atom is -0.747 e. The molecule has 0 aromatic rings. The zero-order valence-electron chi connectivity index (χ0n) is 22.4. The quantitative estimate of drug-likeness (QED) is 0.0661. The van der Waals surface area contributed by atoms with Crippen molar-refractivity contribution in [2.24, 2.45) is 0 Å². The van der Waals surface area contributed by atoms with Gasteiger partial charge in [-0.25, -0.2) is 8.42 Å². The third-order valence-electron chi connectivity index (χ3n) is 5.78. The Balaban J connectivity index is 0. The first kappa shape index (κ1) is 36.7. The number of hydrogen-bond acceptors (Lipinski definition) is 7. The maximum atomic E-state index is 11.8. The SMILES string of the molecule is C/C=C/COC(=O)C(CC(=O)OCCCCCCCCCCCCCCCCCC)S(=O)(=O)[O-].[Na+]. The Hall–Kier alpha value is -0.410. The van der Waals surface area contributed by atoms with Gasteiger partial charge in [0.1, 0.15) is 16.7 Å². The van der Waals surface area contributed by atoms with Crippen molar-refractivity contribution < 1.29 is 61.6 Å². The Morgan fingerprint density at radius 1 is 0.771 bits per heavy atom. The van der Waals surface area contributed by atoms with Crippen LogP contribution in [0, 0.1) is 0 Å². The van der Waals surface area contributed by atoms with E-state index in [2.05, 4.69) is 6.92 Å². The van der Waals surface area contributed by atoms with Gasteiger partial charge in [0, 0.05) is 0 Å². The molecule has 0 radical (unpaired) electrons. The van der Waals surface area contributed by atoms with E-state index < -0.39 is 33.7 Å². The minimum absolute atomic E-state index is 0. The van der Waals surface area contributed by atoms with Crippen LogP contribution in [-0.4, -0.2) is 43.4 Å². The fourth-order valence-electron chi connectivity index (χ4n) is 3.67. The maximum Gasteiger partial charge on any atom is 1.00 e. The molecular weight excluding hydrogens is 479 g/mol. The van der Waals surface area contributed by atoms with Gasteiger partial charge in [-0.2, -0.15) is 0 Å². The first-order chi connectivity index (χ1) is 16.3. The fraction of sp³-hybridized carbons (Fsp3) is 0.846. The fourth-order valence-corrected chi connectivity index (χ4v) is 4.31. The molecule has 0 aliphatic rings. The van der Waals surface area contributed by atoms with E-state index in [0.717, 1.165) is 19.3 Å². The molecule has 0 saturated carbocycles. The van der Waals surface area contributed by atoms with Crippen LogP contribution in [0.15, 0.2) is 12.2 Å². The van der Waals surface area contributed by atoms with Gasteiger partial charge in [-0.15, -0.1) is 0 Å².